The first kappa shape index (κ1) is 19.2. The van der Waals surface area contributed by atoms with Crippen LogP contribution in [0.2, 0.25) is 5.02 Å². The highest BCUT2D eigenvalue weighted by Gasteiger charge is 2.51. The molecule has 1 aromatic rings. The van der Waals surface area contributed by atoms with E-state index >= 15 is 0 Å². The fourth-order valence-electron chi connectivity index (χ4n) is 6.09. The van der Waals surface area contributed by atoms with Crippen LogP contribution in [-0.2, 0) is 9.59 Å². The Morgan fingerprint density at radius 2 is 1.69 bits per heavy atom. The highest BCUT2D eigenvalue weighted by molar-refractivity contribution is 8.18. The minimum absolute atomic E-state index is 0.118. The van der Waals surface area contributed by atoms with E-state index in [0.717, 1.165) is 59.2 Å². The zero-order valence-corrected chi connectivity index (χ0v) is 17.6. The van der Waals surface area contributed by atoms with Crippen molar-refractivity contribution in [1.82, 2.24) is 10.2 Å². The number of hydrogen-bond donors (Lipinski definition) is 1. The second kappa shape index (κ2) is 7.17. The van der Waals surface area contributed by atoms with Crippen LogP contribution in [0.25, 0.3) is 6.08 Å². The first-order chi connectivity index (χ1) is 13.9. The summed E-state index contributed by atoms with van der Waals surface area (Å²) in [5.41, 5.74) is 0.671. The highest BCUT2D eigenvalue weighted by Crippen LogP contribution is 2.55. The van der Waals surface area contributed by atoms with Gasteiger partial charge in [0.15, 0.2) is 0 Å². The van der Waals surface area contributed by atoms with E-state index in [1.807, 2.05) is 0 Å². The number of imide groups is 1. The summed E-state index contributed by atoms with van der Waals surface area (Å²) in [6, 6.07) is 7.04. The van der Waals surface area contributed by atoms with Gasteiger partial charge in [0.25, 0.3) is 11.1 Å². The summed E-state index contributed by atoms with van der Waals surface area (Å²) >= 11 is 6.77. The zero-order chi connectivity index (χ0) is 20.2. The number of nitrogens with one attached hydrogen (secondary N) is 1. The number of amides is 3. The van der Waals surface area contributed by atoms with Gasteiger partial charge in [-0.25, -0.2) is 0 Å². The van der Waals surface area contributed by atoms with Crippen molar-refractivity contribution in [2.24, 2.45) is 17.8 Å². The predicted octanol–water partition coefficient (Wildman–Crippen LogP) is 4.46. The van der Waals surface area contributed by atoms with Gasteiger partial charge in [0.2, 0.25) is 5.91 Å². The molecule has 1 heterocycles. The molecule has 1 aliphatic heterocycles. The van der Waals surface area contributed by atoms with Crippen LogP contribution >= 0.6 is 23.4 Å². The standard InChI is InChI=1S/C22H23ClN2O3S/c23-17-3-1-13(2-4-17)8-18-20(27)25(21(28)29-18)12-19(26)24-22-9-14-5-15(10-22)7-16(6-14)11-22/h1-4,8,14-16H,5-7,9-12H2,(H,24,26)/b18-8+. The molecule has 6 rings (SSSR count). The number of carbonyl (C=O) groups excluding carboxylic acids is 3. The maximum absolute atomic E-state index is 12.8. The maximum atomic E-state index is 12.8. The van der Waals surface area contributed by atoms with Gasteiger partial charge in [0.1, 0.15) is 6.54 Å². The summed E-state index contributed by atoms with van der Waals surface area (Å²) in [4.78, 5) is 39.2. The van der Waals surface area contributed by atoms with Crippen molar-refractivity contribution in [2.45, 2.75) is 44.1 Å². The smallest absolute Gasteiger partial charge is 0.294 e. The Kier molecular flexibility index (Phi) is 4.74. The largest absolute Gasteiger partial charge is 0.349 e. The topological polar surface area (TPSA) is 66.5 Å². The lowest BCUT2D eigenvalue weighted by molar-refractivity contribution is -0.132. The number of nitrogens with zero attached hydrogens (tertiary/aromatic N) is 1. The van der Waals surface area contributed by atoms with Gasteiger partial charge in [-0.1, -0.05) is 23.7 Å². The molecular weight excluding hydrogens is 408 g/mol. The van der Waals surface area contributed by atoms with E-state index in [2.05, 4.69) is 5.32 Å². The summed E-state index contributed by atoms with van der Waals surface area (Å²) < 4.78 is 0. The SMILES string of the molecule is O=C(CN1C(=O)S/C(=C/c2ccc(Cl)cc2)C1=O)NC12CC3CC(CC(C3)C1)C2. The van der Waals surface area contributed by atoms with Crippen molar-refractivity contribution in [1.29, 1.82) is 0 Å². The zero-order valence-electron chi connectivity index (χ0n) is 16.0. The first-order valence-corrected chi connectivity index (χ1v) is 11.4. The Morgan fingerprint density at radius 3 is 2.28 bits per heavy atom. The molecule has 7 heteroatoms. The summed E-state index contributed by atoms with van der Waals surface area (Å²) in [6.07, 6.45) is 8.70. The molecule has 0 atom stereocenters. The van der Waals surface area contributed by atoms with Crippen LogP contribution in [-0.4, -0.2) is 34.0 Å². The molecule has 5 fully saturated rings. The fourth-order valence-corrected chi connectivity index (χ4v) is 7.05. The molecule has 1 saturated heterocycles. The van der Waals surface area contributed by atoms with E-state index < -0.39 is 11.1 Å². The Balaban J connectivity index is 1.26. The van der Waals surface area contributed by atoms with Crippen LogP contribution in [0.5, 0.6) is 0 Å². The van der Waals surface area contributed by atoms with Crippen molar-refractivity contribution in [3.05, 3.63) is 39.8 Å². The Bertz CT molecular complexity index is 876. The quantitative estimate of drug-likeness (QED) is 0.716. The average molecular weight is 431 g/mol. The van der Waals surface area contributed by atoms with Crippen LogP contribution in [0.4, 0.5) is 4.79 Å². The molecule has 0 unspecified atom stereocenters. The third-order valence-electron chi connectivity index (χ3n) is 6.79. The summed E-state index contributed by atoms with van der Waals surface area (Å²) in [5.74, 6) is 1.54. The molecule has 0 radical (unpaired) electrons. The van der Waals surface area contributed by atoms with Crippen LogP contribution in [0.15, 0.2) is 29.2 Å². The van der Waals surface area contributed by atoms with Crippen molar-refractivity contribution in [3.63, 3.8) is 0 Å². The molecule has 3 amide bonds. The second-order valence-electron chi connectivity index (χ2n) is 9.07. The van der Waals surface area contributed by atoms with Crippen LogP contribution in [0.1, 0.15) is 44.1 Å². The molecule has 4 saturated carbocycles. The highest BCUT2D eigenvalue weighted by atomic mass is 35.5. The Labute approximate surface area is 179 Å². The molecule has 0 spiro atoms. The van der Waals surface area contributed by atoms with Gasteiger partial charge in [0, 0.05) is 10.6 Å². The molecule has 5 nitrogen and oxygen atoms in total. The maximum Gasteiger partial charge on any atom is 0.294 e. The van der Waals surface area contributed by atoms with Crippen molar-refractivity contribution in [3.8, 4) is 0 Å². The third kappa shape index (κ3) is 3.73. The summed E-state index contributed by atoms with van der Waals surface area (Å²) in [5, 5.41) is 3.45. The van der Waals surface area contributed by atoms with Gasteiger partial charge in [-0.3, -0.25) is 19.3 Å². The first-order valence-electron chi connectivity index (χ1n) is 10.2. The molecule has 1 N–H and O–H groups in total. The van der Waals surface area contributed by atoms with Gasteiger partial charge in [-0.15, -0.1) is 0 Å². The summed E-state index contributed by atoms with van der Waals surface area (Å²) in [6.45, 7) is -0.204. The number of hydrogen-bond acceptors (Lipinski definition) is 4. The fraction of sp³-hybridized carbons (Fsp3) is 0.500. The molecule has 4 bridgehead atoms. The molecule has 4 aliphatic carbocycles. The van der Waals surface area contributed by atoms with Gasteiger partial charge < -0.3 is 5.32 Å². The third-order valence-corrected chi connectivity index (χ3v) is 7.95. The van der Waals surface area contributed by atoms with E-state index in [-0.39, 0.29) is 18.0 Å². The number of halogens is 1. The molecule has 5 aliphatic rings. The van der Waals surface area contributed by atoms with Crippen molar-refractivity contribution in [2.75, 3.05) is 6.54 Å². The van der Waals surface area contributed by atoms with Crippen LogP contribution in [0.3, 0.4) is 0 Å². The number of rotatable bonds is 4. The second-order valence-corrected chi connectivity index (χ2v) is 10.5. The predicted molar refractivity (Wildman–Crippen MR) is 113 cm³/mol. The minimum atomic E-state index is -0.407. The molecular formula is C22H23ClN2O3S. The van der Waals surface area contributed by atoms with Crippen molar-refractivity contribution >= 4 is 46.5 Å². The monoisotopic (exact) mass is 430 g/mol. The van der Waals surface area contributed by atoms with Gasteiger partial charge in [-0.05, 0) is 91.8 Å². The van der Waals surface area contributed by atoms with E-state index in [9.17, 15) is 14.4 Å². The number of benzene rings is 1. The van der Waals surface area contributed by atoms with Gasteiger partial charge >= 0.3 is 0 Å². The van der Waals surface area contributed by atoms with E-state index in [0.29, 0.717) is 9.93 Å². The minimum Gasteiger partial charge on any atom is -0.349 e. The Hall–Kier alpha value is -1.79. The molecule has 0 aromatic heterocycles. The van der Waals surface area contributed by atoms with Gasteiger partial charge in [-0.2, -0.15) is 0 Å². The average Bonchev–Trinajstić information content (AvgIpc) is 2.89. The number of carbonyl (C=O) groups is 3. The van der Waals surface area contributed by atoms with Crippen LogP contribution < -0.4 is 5.32 Å². The van der Waals surface area contributed by atoms with E-state index in [1.165, 1.54) is 19.3 Å². The molecule has 29 heavy (non-hydrogen) atoms. The lowest BCUT2D eigenvalue weighted by Crippen LogP contribution is -2.61. The molecule has 152 valence electrons. The summed E-state index contributed by atoms with van der Waals surface area (Å²) in [7, 11) is 0. The lowest BCUT2D eigenvalue weighted by atomic mass is 9.53. The van der Waals surface area contributed by atoms with Crippen LogP contribution in [0, 0.1) is 17.8 Å². The molecule has 1 aromatic carbocycles. The normalized spacial score (nSPS) is 34.3. The van der Waals surface area contributed by atoms with Gasteiger partial charge in [0.05, 0.1) is 4.91 Å². The Morgan fingerprint density at radius 1 is 1.10 bits per heavy atom. The van der Waals surface area contributed by atoms with Crippen molar-refractivity contribution < 1.29 is 14.4 Å². The number of thioether (sulfide) groups is 1. The lowest BCUT2D eigenvalue weighted by Gasteiger charge is -2.56. The van der Waals surface area contributed by atoms with E-state index in [4.69, 9.17) is 11.6 Å². The van der Waals surface area contributed by atoms with E-state index in [1.54, 1.807) is 30.3 Å².